The van der Waals surface area contributed by atoms with E-state index in [4.69, 9.17) is 0 Å². The molecule has 0 aliphatic carbocycles. The molecule has 1 N–H and O–H groups in total. The fourth-order valence-electron chi connectivity index (χ4n) is 1.78. The van der Waals surface area contributed by atoms with Gasteiger partial charge < -0.3 is 9.72 Å². The normalized spacial score (nSPS) is 13.4. The summed E-state index contributed by atoms with van der Waals surface area (Å²) in [6, 6.07) is 3.59. The molecule has 2 heterocycles. The monoisotopic (exact) mass is 285 g/mol. The number of nitrogens with one attached hydrogen (secondary N) is 1. The molecule has 2 aromatic heterocycles. The molecule has 0 saturated heterocycles. The molecule has 1 amide bonds. The summed E-state index contributed by atoms with van der Waals surface area (Å²) in [4.78, 5) is 14.8. The second-order valence-corrected chi connectivity index (χ2v) is 4.62. The van der Waals surface area contributed by atoms with Crippen LogP contribution in [0.5, 0.6) is 0 Å². The van der Waals surface area contributed by atoms with Gasteiger partial charge in [-0.15, -0.1) is 0 Å². The smallest absolute Gasteiger partial charge is 0.305 e. The molecule has 108 valence electrons. The Bertz CT molecular complexity index is 633. The molecular weight excluding hydrogens is 271 g/mol. The number of carbonyl (C=O) groups excluding carboxylic acids is 1. The van der Waals surface area contributed by atoms with Crippen LogP contribution in [-0.2, 0) is 4.79 Å². The second-order valence-electron chi connectivity index (χ2n) is 4.62. The van der Waals surface area contributed by atoms with Gasteiger partial charge in [0.25, 0.3) is 0 Å². The van der Waals surface area contributed by atoms with Gasteiger partial charge in [-0.3, -0.25) is 4.79 Å². The molecule has 0 aliphatic heterocycles. The first-order chi connectivity index (χ1) is 9.31. The van der Waals surface area contributed by atoms with Gasteiger partial charge in [0.1, 0.15) is 5.65 Å². The molecule has 2 aromatic rings. The summed E-state index contributed by atoms with van der Waals surface area (Å²) in [5.74, 6) is -1.80. The fourth-order valence-corrected chi connectivity index (χ4v) is 1.78. The molecule has 2 rings (SSSR count). The first-order valence-electron chi connectivity index (χ1n) is 6.18. The Morgan fingerprint density at radius 1 is 1.40 bits per heavy atom. The van der Waals surface area contributed by atoms with Crippen LogP contribution in [0.15, 0.2) is 24.5 Å². The highest BCUT2D eigenvalue weighted by molar-refractivity contribution is 5.94. The van der Waals surface area contributed by atoms with Crippen molar-refractivity contribution in [3.05, 3.63) is 30.1 Å². The van der Waals surface area contributed by atoms with Gasteiger partial charge >= 0.3 is 12.1 Å². The number of halogens is 3. The maximum atomic E-state index is 12.2. The standard InChI is InChI=1S/C13H14F3N3O/c1-3-8(2)9-4-5-11-17-10(7-19(11)6-9)18-12(20)13(14,15)16/h4-8H,3H2,1-2H3,(H,18,20). The number of anilines is 1. The largest absolute Gasteiger partial charge is 0.471 e. The Balaban J connectivity index is 2.28. The van der Waals surface area contributed by atoms with Crippen LogP contribution in [0, 0.1) is 0 Å². The van der Waals surface area contributed by atoms with Crippen LogP contribution in [0.3, 0.4) is 0 Å². The lowest BCUT2D eigenvalue weighted by Crippen LogP contribution is -2.30. The van der Waals surface area contributed by atoms with E-state index in [0.717, 1.165) is 12.0 Å². The molecule has 0 spiro atoms. The average molecular weight is 285 g/mol. The van der Waals surface area contributed by atoms with Crippen molar-refractivity contribution in [2.45, 2.75) is 32.4 Å². The summed E-state index contributed by atoms with van der Waals surface area (Å²) in [5.41, 5.74) is 1.54. The van der Waals surface area contributed by atoms with Crippen molar-refractivity contribution in [3.63, 3.8) is 0 Å². The van der Waals surface area contributed by atoms with Gasteiger partial charge in [0, 0.05) is 6.20 Å². The third-order valence-corrected chi connectivity index (χ3v) is 3.15. The number of carbonyl (C=O) groups is 1. The van der Waals surface area contributed by atoms with Crippen molar-refractivity contribution in [2.24, 2.45) is 0 Å². The number of rotatable bonds is 3. The van der Waals surface area contributed by atoms with Gasteiger partial charge in [0.15, 0.2) is 5.82 Å². The van der Waals surface area contributed by atoms with E-state index in [1.807, 2.05) is 6.07 Å². The Morgan fingerprint density at radius 2 is 2.10 bits per heavy atom. The van der Waals surface area contributed by atoms with E-state index >= 15 is 0 Å². The van der Waals surface area contributed by atoms with Gasteiger partial charge in [-0.05, 0) is 24.0 Å². The third kappa shape index (κ3) is 2.92. The molecule has 0 fully saturated rings. The number of aromatic nitrogens is 2. The van der Waals surface area contributed by atoms with Crippen molar-refractivity contribution >= 4 is 17.4 Å². The maximum absolute atomic E-state index is 12.2. The molecule has 0 bridgehead atoms. The average Bonchev–Trinajstić information content (AvgIpc) is 2.77. The van der Waals surface area contributed by atoms with E-state index in [9.17, 15) is 18.0 Å². The minimum atomic E-state index is -4.92. The molecule has 0 radical (unpaired) electrons. The summed E-state index contributed by atoms with van der Waals surface area (Å²) in [5, 5.41) is 1.74. The third-order valence-electron chi connectivity index (χ3n) is 3.15. The van der Waals surface area contributed by atoms with E-state index < -0.39 is 12.1 Å². The Morgan fingerprint density at radius 3 is 2.70 bits per heavy atom. The summed E-state index contributed by atoms with van der Waals surface area (Å²) in [6.45, 7) is 4.11. The Labute approximate surface area is 113 Å². The number of imidazole rings is 1. The minimum absolute atomic E-state index is 0.117. The van der Waals surface area contributed by atoms with Crippen LogP contribution in [0.1, 0.15) is 31.7 Å². The number of nitrogens with zero attached hydrogens (tertiary/aromatic N) is 2. The van der Waals surface area contributed by atoms with Crippen LogP contribution in [0.4, 0.5) is 19.0 Å². The number of fused-ring (bicyclic) bond motifs is 1. The highest BCUT2D eigenvalue weighted by atomic mass is 19.4. The van der Waals surface area contributed by atoms with Crippen LogP contribution >= 0.6 is 0 Å². The second kappa shape index (κ2) is 5.15. The van der Waals surface area contributed by atoms with E-state index in [1.165, 1.54) is 6.20 Å². The zero-order chi connectivity index (χ0) is 14.9. The predicted molar refractivity (Wildman–Crippen MR) is 68.6 cm³/mol. The lowest BCUT2D eigenvalue weighted by atomic mass is 10.0. The van der Waals surface area contributed by atoms with Crippen molar-refractivity contribution in [1.29, 1.82) is 0 Å². The zero-order valence-corrected chi connectivity index (χ0v) is 11.0. The van der Waals surface area contributed by atoms with Crippen molar-refractivity contribution < 1.29 is 18.0 Å². The van der Waals surface area contributed by atoms with Crippen molar-refractivity contribution in [1.82, 2.24) is 9.38 Å². The fraction of sp³-hybridized carbons (Fsp3) is 0.385. The van der Waals surface area contributed by atoms with E-state index in [2.05, 4.69) is 18.8 Å². The van der Waals surface area contributed by atoms with Gasteiger partial charge in [0.05, 0.1) is 6.20 Å². The SMILES string of the molecule is CCC(C)c1ccc2nc(NC(=O)C(F)(F)F)cn2c1. The number of hydrogen-bond acceptors (Lipinski definition) is 2. The van der Waals surface area contributed by atoms with Gasteiger partial charge in [-0.1, -0.05) is 19.9 Å². The summed E-state index contributed by atoms with van der Waals surface area (Å²) >= 11 is 0. The number of hydrogen-bond donors (Lipinski definition) is 1. The lowest BCUT2D eigenvalue weighted by molar-refractivity contribution is -0.167. The van der Waals surface area contributed by atoms with Crippen molar-refractivity contribution in [3.8, 4) is 0 Å². The summed E-state index contributed by atoms with van der Waals surface area (Å²) < 4.78 is 38.1. The number of alkyl halides is 3. The number of pyridine rings is 1. The lowest BCUT2D eigenvalue weighted by Gasteiger charge is -2.08. The quantitative estimate of drug-likeness (QED) is 0.940. The molecule has 0 aliphatic rings. The summed E-state index contributed by atoms with van der Waals surface area (Å²) in [7, 11) is 0. The van der Waals surface area contributed by atoms with Crippen LogP contribution in [0.25, 0.3) is 5.65 Å². The molecule has 4 nitrogen and oxygen atoms in total. The van der Waals surface area contributed by atoms with Crippen molar-refractivity contribution in [2.75, 3.05) is 5.32 Å². The molecule has 1 unspecified atom stereocenters. The molecule has 0 saturated carbocycles. The zero-order valence-electron chi connectivity index (χ0n) is 11.0. The van der Waals surface area contributed by atoms with Crippen LogP contribution in [-0.4, -0.2) is 21.5 Å². The van der Waals surface area contributed by atoms with Gasteiger partial charge in [-0.2, -0.15) is 13.2 Å². The molecular formula is C13H14F3N3O. The maximum Gasteiger partial charge on any atom is 0.471 e. The van der Waals surface area contributed by atoms with Gasteiger partial charge in [0.2, 0.25) is 0 Å². The van der Waals surface area contributed by atoms with Crippen LogP contribution < -0.4 is 5.32 Å². The van der Waals surface area contributed by atoms with Crippen LogP contribution in [0.2, 0.25) is 0 Å². The first kappa shape index (κ1) is 14.4. The van der Waals surface area contributed by atoms with E-state index in [-0.39, 0.29) is 5.82 Å². The minimum Gasteiger partial charge on any atom is -0.305 e. The topological polar surface area (TPSA) is 46.4 Å². The molecule has 20 heavy (non-hydrogen) atoms. The van der Waals surface area contributed by atoms with E-state index in [0.29, 0.717) is 11.6 Å². The van der Waals surface area contributed by atoms with E-state index in [1.54, 1.807) is 22.0 Å². The number of amides is 1. The predicted octanol–water partition coefficient (Wildman–Crippen LogP) is 3.35. The molecule has 7 heteroatoms. The highest BCUT2D eigenvalue weighted by Gasteiger charge is 2.39. The molecule has 1 atom stereocenters. The highest BCUT2D eigenvalue weighted by Crippen LogP contribution is 2.21. The summed E-state index contributed by atoms with van der Waals surface area (Å²) in [6.07, 6.45) is -0.792. The first-order valence-corrected chi connectivity index (χ1v) is 6.18. The Hall–Kier alpha value is -2.05. The van der Waals surface area contributed by atoms with Gasteiger partial charge in [-0.25, -0.2) is 4.98 Å². The molecule has 0 aromatic carbocycles. The Kier molecular flexibility index (Phi) is 3.69.